The van der Waals surface area contributed by atoms with Crippen molar-refractivity contribution in [1.29, 1.82) is 0 Å². The van der Waals surface area contributed by atoms with Crippen molar-refractivity contribution in [3.8, 4) is 0 Å². The van der Waals surface area contributed by atoms with E-state index in [2.05, 4.69) is 55.6 Å². The smallest absolute Gasteiger partial charge is 0.220 e. The molecule has 0 aliphatic carbocycles. The lowest BCUT2D eigenvalue weighted by molar-refractivity contribution is -0.359. The Labute approximate surface area is 493 Å². The van der Waals surface area contributed by atoms with Crippen molar-refractivity contribution < 1.29 is 64.6 Å². The maximum absolute atomic E-state index is 13.3. The third kappa shape index (κ3) is 37.2. The molecule has 0 aromatic heterocycles. The van der Waals surface area contributed by atoms with Gasteiger partial charge in [0.05, 0.1) is 32.0 Å². The molecule has 2 saturated heterocycles. The lowest BCUT2D eigenvalue weighted by Gasteiger charge is -2.46. The van der Waals surface area contributed by atoms with Crippen molar-refractivity contribution >= 4 is 5.91 Å². The monoisotopic (exact) mass is 1150 g/mol. The molecule has 2 aliphatic rings. The normalized spacial score (nSPS) is 24.4. The number of carbonyl (C=O) groups excluding carboxylic acids is 1. The fourth-order valence-electron chi connectivity index (χ4n) is 10.9. The Bertz CT molecular complexity index is 1540. The van der Waals surface area contributed by atoms with Gasteiger partial charge in [-0.15, -0.1) is 0 Å². The molecule has 14 heteroatoms. The SMILES string of the molecule is CCCCCCC/C=C\C/C=C\C/C=C\CCCCCCCCCCCCCCC(=O)NC(COC1OC(CO)C(OC2OC(CO)C(O)C(O)C2O)C(O)C1O)C(O)/C=C/CCCCCCCCCCCCCCCCCCCC. The molecule has 12 atom stereocenters. The van der Waals surface area contributed by atoms with Crippen molar-refractivity contribution in [1.82, 2.24) is 5.32 Å². The highest BCUT2D eigenvalue weighted by Gasteiger charge is 2.51. The first-order chi connectivity index (χ1) is 39.6. The number of nitrogens with one attached hydrogen (secondary N) is 1. The van der Waals surface area contributed by atoms with Crippen LogP contribution >= 0.6 is 0 Å². The molecular weight excluding hydrogens is 1030 g/mol. The predicted molar refractivity (Wildman–Crippen MR) is 327 cm³/mol. The van der Waals surface area contributed by atoms with Crippen molar-refractivity contribution in [2.24, 2.45) is 0 Å². The van der Waals surface area contributed by atoms with Gasteiger partial charge in [-0.1, -0.05) is 262 Å². The van der Waals surface area contributed by atoms with Crippen LogP contribution in [0.1, 0.15) is 277 Å². The van der Waals surface area contributed by atoms with Gasteiger partial charge in [-0.2, -0.15) is 0 Å². The van der Waals surface area contributed by atoms with Gasteiger partial charge in [0, 0.05) is 6.42 Å². The number of aliphatic hydroxyl groups excluding tert-OH is 8. The fraction of sp³-hybridized carbons (Fsp3) is 0.866. The zero-order valence-corrected chi connectivity index (χ0v) is 51.3. The van der Waals surface area contributed by atoms with Crippen molar-refractivity contribution in [3.05, 3.63) is 48.6 Å². The van der Waals surface area contributed by atoms with Gasteiger partial charge in [-0.05, 0) is 57.8 Å². The highest BCUT2D eigenvalue weighted by atomic mass is 16.7. The van der Waals surface area contributed by atoms with Crippen LogP contribution in [-0.2, 0) is 23.7 Å². The van der Waals surface area contributed by atoms with Gasteiger partial charge in [0.1, 0.15) is 48.8 Å². The summed E-state index contributed by atoms with van der Waals surface area (Å²) in [5.41, 5.74) is 0. The van der Waals surface area contributed by atoms with Gasteiger partial charge in [0.2, 0.25) is 5.91 Å². The number of rotatable bonds is 54. The number of allylic oxidation sites excluding steroid dienone is 7. The Morgan fingerprint density at radius 1 is 0.444 bits per heavy atom. The number of ether oxygens (including phenoxy) is 4. The van der Waals surface area contributed by atoms with Crippen LogP contribution in [0.15, 0.2) is 48.6 Å². The number of carbonyl (C=O) groups is 1. The molecule has 9 N–H and O–H groups in total. The first-order valence-electron chi connectivity index (χ1n) is 33.4. The molecule has 0 saturated carbocycles. The van der Waals surface area contributed by atoms with Gasteiger partial charge in [-0.25, -0.2) is 0 Å². The summed E-state index contributed by atoms with van der Waals surface area (Å²) in [5.74, 6) is -0.239. The lowest BCUT2D eigenvalue weighted by atomic mass is 9.97. The molecule has 2 fully saturated rings. The van der Waals surface area contributed by atoms with Crippen LogP contribution in [-0.4, -0.2) is 140 Å². The molecule has 0 aromatic rings. The Hall–Kier alpha value is -2.05. The van der Waals surface area contributed by atoms with E-state index in [4.69, 9.17) is 18.9 Å². The summed E-state index contributed by atoms with van der Waals surface area (Å²) < 4.78 is 22.8. The first-order valence-corrected chi connectivity index (χ1v) is 33.4. The van der Waals surface area contributed by atoms with Gasteiger partial charge < -0.3 is 65.1 Å². The quantitative estimate of drug-likeness (QED) is 0.0204. The Balaban J connectivity index is 1.71. The van der Waals surface area contributed by atoms with E-state index in [1.165, 1.54) is 199 Å². The highest BCUT2D eigenvalue weighted by Crippen LogP contribution is 2.30. The van der Waals surface area contributed by atoms with E-state index in [0.717, 1.165) is 51.4 Å². The van der Waals surface area contributed by atoms with Crippen LogP contribution in [0.3, 0.4) is 0 Å². The molecule has 2 rings (SSSR count). The van der Waals surface area contributed by atoms with Crippen LogP contribution in [0.25, 0.3) is 0 Å². The van der Waals surface area contributed by atoms with E-state index in [-0.39, 0.29) is 18.9 Å². The van der Waals surface area contributed by atoms with Crippen LogP contribution in [0.4, 0.5) is 0 Å². The topological polar surface area (TPSA) is 228 Å². The number of amides is 1. The standard InChI is InChI=1S/C67H123NO13/c1-3-5-7-9-11-13-15-17-19-21-23-25-26-27-28-29-30-31-33-35-37-39-41-43-45-47-49-51-59(72)68-55(56(71)50-48-46-44-42-40-38-36-34-32-24-22-20-18-16-14-12-10-8-6-4-2)54-78-66-64(77)62(75)65(58(53-70)80-66)81-67-63(76)61(74)60(73)57(52-69)79-67/h15,17,21,23,26-27,48,50,55-58,60-67,69-71,73-77H,3-14,16,18-20,22,24-25,28-47,49,51-54H2,1-2H3,(H,68,72)/b17-15-,23-21-,27-26-,50-48+. The molecule has 2 heterocycles. The van der Waals surface area contributed by atoms with Gasteiger partial charge >= 0.3 is 0 Å². The van der Waals surface area contributed by atoms with E-state index in [9.17, 15) is 45.6 Å². The zero-order valence-electron chi connectivity index (χ0n) is 51.3. The zero-order chi connectivity index (χ0) is 58.8. The van der Waals surface area contributed by atoms with Crippen LogP contribution < -0.4 is 5.32 Å². The minimum absolute atomic E-state index is 0.239. The number of unbranched alkanes of at least 4 members (excludes halogenated alkanes) is 35. The van der Waals surface area contributed by atoms with Gasteiger partial charge in [-0.3, -0.25) is 4.79 Å². The van der Waals surface area contributed by atoms with Crippen LogP contribution in [0.2, 0.25) is 0 Å². The van der Waals surface area contributed by atoms with Crippen molar-refractivity contribution in [2.75, 3.05) is 19.8 Å². The largest absolute Gasteiger partial charge is 0.394 e. The molecule has 2 aliphatic heterocycles. The maximum atomic E-state index is 13.3. The molecule has 0 radical (unpaired) electrons. The lowest BCUT2D eigenvalue weighted by Crippen LogP contribution is -2.65. The minimum Gasteiger partial charge on any atom is -0.394 e. The van der Waals surface area contributed by atoms with E-state index < -0.39 is 86.8 Å². The number of hydrogen-bond acceptors (Lipinski definition) is 13. The molecule has 0 spiro atoms. The average molecular weight is 1150 g/mol. The summed E-state index contributed by atoms with van der Waals surface area (Å²) in [4.78, 5) is 13.3. The summed E-state index contributed by atoms with van der Waals surface area (Å²) in [6.07, 6.45) is 50.0. The molecule has 0 aromatic carbocycles. The van der Waals surface area contributed by atoms with Crippen LogP contribution in [0.5, 0.6) is 0 Å². The molecule has 0 bridgehead atoms. The number of hydrogen-bond donors (Lipinski definition) is 9. The molecule has 12 unspecified atom stereocenters. The average Bonchev–Trinajstić information content (AvgIpc) is 3.62. The maximum Gasteiger partial charge on any atom is 0.220 e. The van der Waals surface area contributed by atoms with E-state index >= 15 is 0 Å². The van der Waals surface area contributed by atoms with Crippen LogP contribution in [0, 0.1) is 0 Å². The van der Waals surface area contributed by atoms with Crippen molar-refractivity contribution in [3.63, 3.8) is 0 Å². The molecular formula is C67H123NO13. The summed E-state index contributed by atoms with van der Waals surface area (Å²) in [7, 11) is 0. The third-order valence-corrected chi connectivity index (χ3v) is 16.3. The van der Waals surface area contributed by atoms with Gasteiger partial charge in [0.15, 0.2) is 12.6 Å². The second kappa shape index (κ2) is 52.3. The fourth-order valence-corrected chi connectivity index (χ4v) is 10.9. The van der Waals surface area contributed by atoms with E-state index in [1.54, 1.807) is 6.08 Å². The Morgan fingerprint density at radius 2 is 0.815 bits per heavy atom. The molecule has 1 amide bonds. The summed E-state index contributed by atoms with van der Waals surface area (Å²) in [5, 5.41) is 87.3. The predicted octanol–water partition coefficient (Wildman–Crippen LogP) is 12.7. The summed E-state index contributed by atoms with van der Waals surface area (Å²) in [6.45, 7) is 2.82. The summed E-state index contributed by atoms with van der Waals surface area (Å²) in [6, 6.07) is -0.917. The third-order valence-electron chi connectivity index (χ3n) is 16.3. The Kier molecular flexibility index (Phi) is 48.5. The second-order valence-electron chi connectivity index (χ2n) is 23.6. The first kappa shape index (κ1) is 75.0. The van der Waals surface area contributed by atoms with E-state index in [0.29, 0.717) is 6.42 Å². The molecule has 81 heavy (non-hydrogen) atoms. The molecule has 14 nitrogen and oxygen atoms in total. The van der Waals surface area contributed by atoms with Gasteiger partial charge in [0.25, 0.3) is 0 Å². The number of aliphatic hydroxyl groups is 8. The van der Waals surface area contributed by atoms with Crippen molar-refractivity contribution in [2.45, 2.75) is 351 Å². The Morgan fingerprint density at radius 3 is 1.25 bits per heavy atom. The minimum atomic E-state index is -1.79. The second-order valence-corrected chi connectivity index (χ2v) is 23.6. The summed E-state index contributed by atoms with van der Waals surface area (Å²) >= 11 is 0. The highest BCUT2D eigenvalue weighted by molar-refractivity contribution is 5.76. The van der Waals surface area contributed by atoms with E-state index in [1.807, 2.05) is 6.08 Å². The molecule has 474 valence electrons.